The SMILES string of the molecule is Cc1cc2cc(CN(Cc3cccs3)C(=S)NC[C@@H]3CCCO3)c(=O)[nH]c2cc1C. The molecule has 30 heavy (non-hydrogen) atoms. The van der Waals surface area contributed by atoms with Gasteiger partial charge < -0.3 is 19.9 Å². The van der Waals surface area contributed by atoms with Gasteiger partial charge in [-0.15, -0.1) is 11.3 Å². The minimum Gasteiger partial charge on any atom is -0.376 e. The first-order valence-electron chi connectivity index (χ1n) is 10.3. The molecule has 1 fully saturated rings. The van der Waals surface area contributed by atoms with Crippen LogP contribution in [0.1, 0.15) is 34.4 Å². The van der Waals surface area contributed by atoms with Crippen molar-refractivity contribution in [3.8, 4) is 0 Å². The van der Waals surface area contributed by atoms with Crippen LogP contribution in [0, 0.1) is 13.8 Å². The second kappa shape index (κ2) is 9.29. The van der Waals surface area contributed by atoms with Crippen LogP contribution < -0.4 is 10.9 Å². The Morgan fingerprint density at radius 3 is 2.87 bits per heavy atom. The number of hydrogen-bond donors (Lipinski definition) is 2. The lowest BCUT2D eigenvalue weighted by molar-refractivity contribution is 0.113. The van der Waals surface area contributed by atoms with Crippen molar-refractivity contribution in [2.24, 2.45) is 0 Å². The van der Waals surface area contributed by atoms with Crippen molar-refractivity contribution in [1.82, 2.24) is 15.2 Å². The van der Waals surface area contributed by atoms with E-state index in [9.17, 15) is 4.79 Å². The smallest absolute Gasteiger partial charge is 0.253 e. The number of aryl methyl sites for hydroxylation is 2. The molecule has 0 spiro atoms. The molecule has 5 nitrogen and oxygen atoms in total. The van der Waals surface area contributed by atoms with Crippen molar-refractivity contribution in [3.05, 3.63) is 67.6 Å². The standard InChI is InChI=1S/C23H27N3O2S2/c1-15-9-17-11-18(22(27)25-21(17)10-16(15)2)13-26(14-20-6-4-8-30-20)23(29)24-12-19-5-3-7-28-19/h4,6,8-11,19H,3,5,7,12-14H2,1-2H3,(H,24,29)(H,25,27)/t19-/m0/s1. The summed E-state index contributed by atoms with van der Waals surface area (Å²) in [6.07, 6.45) is 2.37. The highest BCUT2D eigenvalue weighted by molar-refractivity contribution is 7.80. The first-order valence-corrected chi connectivity index (χ1v) is 11.6. The maximum atomic E-state index is 12.8. The molecule has 1 saturated heterocycles. The highest BCUT2D eigenvalue weighted by Gasteiger charge is 2.19. The Bertz CT molecular complexity index is 1090. The summed E-state index contributed by atoms with van der Waals surface area (Å²) in [5.74, 6) is 0. The number of H-pyrrole nitrogens is 1. The number of thiophene rings is 1. The average Bonchev–Trinajstić information content (AvgIpc) is 3.42. The van der Waals surface area contributed by atoms with Crippen molar-refractivity contribution in [2.75, 3.05) is 13.2 Å². The number of fused-ring (bicyclic) bond motifs is 1. The Kier molecular flexibility index (Phi) is 6.51. The van der Waals surface area contributed by atoms with Crippen molar-refractivity contribution < 1.29 is 4.74 Å². The van der Waals surface area contributed by atoms with Gasteiger partial charge in [0.15, 0.2) is 5.11 Å². The topological polar surface area (TPSA) is 57.4 Å². The molecule has 4 rings (SSSR count). The first kappa shape index (κ1) is 21.0. The Hall–Kier alpha value is -2.22. The Morgan fingerprint density at radius 1 is 1.30 bits per heavy atom. The number of pyridine rings is 1. The molecule has 3 aromatic rings. The van der Waals surface area contributed by atoms with Crippen molar-refractivity contribution in [2.45, 2.75) is 45.9 Å². The highest BCUT2D eigenvalue weighted by atomic mass is 32.1. The van der Waals surface area contributed by atoms with E-state index in [2.05, 4.69) is 46.6 Å². The summed E-state index contributed by atoms with van der Waals surface area (Å²) < 4.78 is 5.70. The third-order valence-electron chi connectivity index (χ3n) is 5.62. The number of aromatic nitrogens is 1. The monoisotopic (exact) mass is 441 g/mol. The van der Waals surface area contributed by atoms with Gasteiger partial charge in [0.1, 0.15) is 0 Å². The lowest BCUT2D eigenvalue weighted by Gasteiger charge is -2.26. The van der Waals surface area contributed by atoms with Crippen LogP contribution >= 0.6 is 23.6 Å². The zero-order valence-corrected chi connectivity index (χ0v) is 19.0. The second-order valence-corrected chi connectivity index (χ2v) is 9.32. The van der Waals surface area contributed by atoms with E-state index in [1.165, 1.54) is 16.0 Å². The molecular formula is C23H27N3O2S2. The van der Waals surface area contributed by atoms with Crippen molar-refractivity contribution >= 4 is 39.6 Å². The fraction of sp³-hybridized carbons (Fsp3) is 0.391. The second-order valence-electron chi connectivity index (χ2n) is 7.90. The van der Waals surface area contributed by atoms with Gasteiger partial charge in [-0.1, -0.05) is 6.07 Å². The Balaban J connectivity index is 1.57. The van der Waals surface area contributed by atoms with E-state index >= 15 is 0 Å². The van der Waals surface area contributed by atoms with Crippen molar-refractivity contribution in [3.63, 3.8) is 0 Å². The highest BCUT2D eigenvalue weighted by Crippen LogP contribution is 2.19. The summed E-state index contributed by atoms with van der Waals surface area (Å²) >= 11 is 7.40. The molecule has 0 amide bonds. The van der Waals surface area contributed by atoms with E-state index in [0.717, 1.165) is 30.4 Å². The van der Waals surface area contributed by atoms with Gasteiger partial charge in [0, 0.05) is 29.1 Å². The Morgan fingerprint density at radius 2 is 2.13 bits per heavy atom. The zero-order valence-electron chi connectivity index (χ0n) is 17.4. The van der Waals surface area contributed by atoms with Gasteiger partial charge in [0.05, 0.1) is 19.2 Å². The third kappa shape index (κ3) is 4.91. The average molecular weight is 442 g/mol. The number of ether oxygens (including phenoxy) is 1. The van der Waals surface area contributed by atoms with Gasteiger partial charge >= 0.3 is 0 Å². The molecule has 2 aromatic heterocycles. The summed E-state index contributed by atoms with van der Waals surface area (Å²) in [7, 11) is 0. The molecule has 1 atom stereocenters. The van der Waals surface area contributed by atoms with Crippen LogP contribution in [-0.2, 0) is 17.8 Å². The summed E-state index contributed by atoms with van der Waals surface area (Å²) in [6, 6.07) is 10.3. The minimum absolute atomic E-state index is 0.0659. The summed E-state index contributed by atoms with van der Waals surface area (Å²) in [5.41, 5.74) is 3.90. The van der Waals surface area contributed by atoms with Crippen molar-refractivity contribution in [1.29, 1.82) is 0 Å². The number of aromatic amines is 1. The van der Waals surface area contributed by atoms with Gasteiger partial charge in [-0.25, -0.2) is 0 Å². The summed E-state index contributed by atoms with van der Waals surface area (Å²) in [5, 5.41) is 7.11. The molecule has 3 heterocycles. The van der Waals surface area contributed by atoms with E-state index in [0.29, 0.717) is 30.3 Å². The predicted molar refractivity (Wildman–Crippen MR) is 127 cm³/mol. The summed E-state index contributed by atoms with van der Waals surface area (Å²) in [4.78, 5) is 19.1. The van der Waals surface area contributed by atoms with Crippen LogP contribution in [0.4, 0.5) is 0 Å². The quantitative estimate of drug-likeness (QED) is 0.560. The summed E-state index contributed by atoms with van der Waals surface area (Å²) in [6.45, 7) is 6.79. The molecule has 7 heteroatoms. The molecule has 2 N–H and O–H groups in total. The predicted octanol–water partition coefficient (Wildman–Crippen LogP) is 4.26. The fourth-order valence-corrected chi connectivity index (χ4v) is 4.69. The van der Waals surface area contributed by atoms with Gasteiger partial charge in [0.2, 0.25) is 0 Å². The fourth-order valence-electron chi connectivity index (χ4n) is 3.75. The van der Waals surface area contributed by atoms with E-state index < -0.39 is 0 Å². The van der Waals surface area contributed by atoms with Gasteiger partial charge in [-0.05, 0) is 85.1 Å². The van der Waals surface area contributed by atoms with E-state index in [1.54, 1.807) is 11.3 Å². The maximum Gasteiger partial charge on any atom is 0.253 e. The largest absolute Gasteiger partial charge is 0.376 e. The first-order chi connectivity index (χ1) is 14.5. The molecular weight excluding hydrogens is 414 g/mol. The van der Waals surface area contributed by atoms with Crippen LogP contribution in [0.15, 0.2) is 40.5 Å². The van der Waals surface area contributed by atoms with E-state index in [-0.39, 0.29) is 11.7 Å². The Labute approximate surface area is 186 Å². The third-order valence-corrected chi connectivity index (χ3v) is 6.88. The van der Waals surface area contributed by atoms with Gasteiger partial charge in [-0.2, -0.15) is 0 Å². The molecule has 0 aliphatic carbocycles. The number of hydrogen-bond acceptors (Lipinski definition) is 4. The van der Waals surface area contributed by atoms with Gasteiger partial charge in [0.25, 0.3) is 5.56 Å². The lowest BCUT2D eigenvalue weighted by Crippen LogP contribution is -2.42. The molecule has 0 saturated carbocycles. The normalized spacial score (nSPS) is 16.1. The number of benzene rings is 1. The van der Waals surface area contributed by atoms with E-state index in [1.807, 2.05) is 18.2 Å². The van der Waals surface area contributed by atoms with Gasteiger partial charge in [-0.3, -0.25) is 4.79 Å². The maximum absolute atomic E-state index is 12.8. The van der Waals surface area contributed by atoms with Crippen LogP contribution in [0.25, 0.3) is 10.9 Å². The molecule has 0 radical (unpaired) electrons. The number of rotatable bonds is 6. The van der Waals surface area contributed by atoms with Crippen LogP contribution in [0.5, 0.6) is 0 Å². The molecule has 0 unspecified atom stereocenters. The van der Waals surface area contributed by atoms with E-state index in [4.69, 9.17) is 17.0 Å². The molecule has 1 aromatic carbocycles. The van der Waals surface area contributed by atoms with Crippen LogP contribution in [-0.4, -0.2) is 34.3 Å². The number of nitrogens with one attached hydrogen (secondary N) is 2. The zero-order chi connectivity index (χ0) is 21.1. The van der Waals surface area contributed by atoms with Crippen LogP contribution in [0.2, 0.25) is 0 Å². The molecule has 1 aliphatic rings. The minimum atomic E-state index is -0.0659. The van der Waals surface area contributed by atoms with Crippen LogP contribution in [0.3, 0.4) is 0 Å². The molecule has 0 bridgehead atoms. The number of thiocarbonyl (C=S) groups is 1. The lowest BCUT2D eigenvalue weighted by atomic mass is 10.0. The molecule has 1 aliphatic heterocycles. The number of nitrogens with zero attached hydrogens (tertiary/aromatic N) is 1. The molecule has 158 valence electrons.